The first-order valence-electron chi connectivity index (χ1n) is 6.77. The molecule has 1 fully saturated rings. The molecule has 104 valence electrons. The molecule has 2 unspecified atom stereocenters. The lowest BCUT2D eigenvalue weighted by atomic mass is 10.0. The Kier molecular flexibility index (Phi) is 4.99. The number of nitrogens with zero attached hydrogens (tertiary/aromatic N) is 1. The van der Waals surface area contributed by atoms with Crippen LogP contribution in [0.3, 0.4) is 0 Å². The lowest BCUT2D eigenvalue weighted by Gasteiger charge is -2.35. The van der Waals surface area contributed by atoms with Crippen molar-refractivity contribution < 1.29 is 9.18 Å². The van der Waals surface area contributed by atoms with E-state index in [9.17, 15) is 9.18 Å². The van der Waals surface area contributed by atoms with Crippen LogP contribution in [0.1, 0.15) is 30.6 Å². The Balaban J connectivity index is 2.04. The molecular weight excluding hydrogens is 261 g/mol. The van der Waals surface area contributed by atoms with E-state index in [1.807, 2.05) is 18.7 Å². The normalized spacial score (nSPS) is 22.2. The first-order chi connectivity index (χ1) is 9.11. The van der Waals surface area contributed by atoms with Gasteiger partial charge in [0.05, 0.1) is 6.04 Å². The predicted molar refractivity (Wildman–Crippen MR) is 78.3 cm³/mol. The maximum Gasteiger partial charge on any atom is 0.179 e. The standard InChI is InChI=1S/C15H20FNOS/c1-3-14-10-17(8-9-19-14)11(2)15(18)12-4-6-13(16)7-5-12/h4-7,11,14H,3,8-10H2,1-2H3. The van der Waals surface area contributed by atoms with Gasteiger partial charge in [-0.3, -0.25) is 9.69 Å². The zero-order valence-electron chi connectivity index (χ0n) is 11.4. The number of carbonyl (C=O) groups excluding carboxylic acids is 1. The molecule has 0 N–H and O–H groups in total. The Morgan fingerprint density at radius 2 is 2.16 bits per heavy atom. The molecule has 4 heteroatoms. The minimum Gasteiger partial charge on any atom is -0.292 e. The lowest BCUT2D eigenvalue weighted by Crippen LogP contribution is -2.46. The van der Waals surface area contributed by atoms with Crippen molar-refractivity contribution in [3.63, 3.8) is 0 Å². The zero-order chi connectivity index (χ0) is 13.8. The Labute approximate surface area is 118 Å². The summed E-state index contributed by atoms with van der Waals surface area (Å²) in [6, 6.07) is 5.72. The second-order valence-corrected chi connectivity index (χ2v) is 6.35. The largest absolute Gasteiger partial charge is 0.292 e. The summed E-state index contributed by atoms with van der Waals surface area (Å²) in [6.45, 7) is 6.06. The van der Waals surface area contributed by atoms with Gasteiger partial charge in [-0.15, -0.1) is 0 Å². The van der Waals surface area contributed by atoms with Crippen molar-refractivity contribution in [2.45, 2.75) is 31.6 Å². The molecule has 2 nitrogen and oxygen atoms in total. The van der Waals surface area contributed by atoms with Crippen molar-refractivity contribution in [2.75, 3.05) is 18.8 Å². The molecule has 0 amide bonds. The Hall–Kier alpha value is -0.870. The van der Waals surface area contributed by atoms with E-state index in [-0.39, 0.29) is 17.6 Å². The van der Waals surface area contributed by atoms with Gasteiger partial charge >= 0.3 is 0 Å². The van der Waals surface area contributed by atoms with Crippen molar-refractivity contribution in [1.29, 1.82) is 0 Å². The number of hydrogen-bond donors (Lipinski definition) is 0. The van der Waals surface area contributed by atoms with E-state index >= 15 is 0 Å². The van der Waals surface area contributed by atoms with Gasteiger partial charge in [0.25, 0.3) is 0 Å². The SMILES string of the molecule is CCC1CN(C(C)C(=O)c2ccc(F)cc2)CCS1. The molecule has 0 radical (unpaired) electrons. The summed E-state index contributed by atoms with van der Waals surface area (Å²) in [4.78, 5) is 14.6. The molecule has 1 aliphatic rings. The van der Waals surface area contributed by atoms with Crippen LogP contribution in [-0.2, 0) is 0 Å². The van der Waals surface area contributed by atoms with Gasteiger partial charge in [0.15, 0.2) is 5.78 Å². The highest BCUT2D eigenvalue weighted by atomic mass is 32.2. The molecule has 2 atom stereocenters. The average molecular weight is 281 g/mol. The molecule has 1 heterocycles. The third kappa shape index (κ3) is 3.57. The summed E-state index contributed by atoms with van der Waals surface area (Å²) in [5.41, 5.74) is 0.597. The van der Waals surface area contributed by atoms with Crippen LogP contribution in [0.4, 0.5) is 4.39 Å². The Morgan fingerprint density at radius 1 is 1.47 bits per heavy atom. The van der Waals surface area contributed by atoms with Gasteiger partial charge in [0.1, 0.15) is 5.82 Å². The van der Waals surface area contributed by atoms with E-state index in [2.05, 4.69) is 11.8 Å². The van der Waals surface area contributed by atoms with Crippen LogP contribution in [0.15, 0.2) is 24.3 Å². The quantitative estimate of drug-likeness (QED) is 0.790. The van der Waals surface area contributed by atoms with Crippen molar-refractivity contribution in [2.24, 2.45) is 0 Å². The Morgan fingerprint density at radius 3 is 2.79 bits per heavy atom. The van der Waals surface area contributed by atoms with E-state index < -0.39 is 0 Å². The number of rotatable bonds is 4. The molecule has 1 aliphatic heterocycles. The van der Waals surface area contributed by atoms with Gasteiger partial charge in [-0.25, -0.2) is 4.39 Å². The van der Waals surface area contributed by atoms with Gasteiger partial charge in [-0.2, -0.15) is 11.8 Å². The summed E-state index contributed by atoms with van der Waals surface area (Å²) < 4.78 is 12.9. The second-order valence-electron chi connectivity index (χ2n) is 4.94. The van der Waals surface area contributed by atoms with Crippen LogP contribution < -0.4 is 0 Å². The van der Waals surface area contributed by atoms with Crippen LogP contribution in [0.25, 0.3) is 0 Å². The molecule has 0 saturated carbocycles. The predicted octanol–water partition coefficient (Wildman–Crippen LogP) is 3.22. The van der Waals surface area contributed by atoms with E-state index in [1.165, 1.54) is 12.1 Å². The third-order valence-corrected chi connectivity index (χ3v) is 5.05. The molecule has 2 rings (SSSR count). The topological polar surface area (TPSA) is 20.3 Å². The van der Waals surface area contributed by atoms with Gasteiger partial charge in [0, 0.05) is 29.7 Å². The highest BCUT2D eigenvalue weighted by molar-refractivity contribution is 8.00. The fraction of sp³-hybridized carbons (Fsp3) is 0.533. The molecule has 0 aliphatic carbocycles. The molecule has 0 aromatic heterocycles. The number of benzene rings is 1. The molecule has 19 heavy (non-hydrogen) atoms. The van der Waals surface area contributed by atoms with E-state index in [1.54, 1.807) is 12.1 Å². The van der Waals surface area contributed by atoms with Gasteiger partial charge in [-0.05, 0) is 37.6 Å². The molecule has 1 aromatic rings. The summed E-state index contributed by atoms with van der Waals surface area (Å²) in [5, 5.41) is 0.622. The van der Waals surface area contributed by atoms with E-state index in [4.69, 9.17) is 0 Å². The fourth-order valence-electron chi connectivity index (χ4n) is 2.36. The first-order valence-corrected chi connectivity index (χ1v) is 7.82. The maximum absolute atomic E-state index is 12.9. The zero-order valence-corrected chi connectivity index (χ0v) is 12.3. The minimum atomic E-state index is -0.301. The van der Waals surface area contributed by atoms with Crippen molar-refractivity contribution in [3.8, 4) is 0 Å². The molecule has 0 bridgehead atoms. The van der Waals surface area contributed by atoms with Gasteiger partial charge < -0.3 is 0 Å². The number of carbonyl (C=O) groups is 1. The first kappa shape index (κ1) is 14.5. The molecular formula is C15H20FNOS. The summed E-state index contributed by atoms with van der Waals surface area (Å²) in [5.74, 6) is 0.867. The maximum atomic E-state index is 12.9. The number of halogens is 1. The fourth-order valence-corrected chi connectivity index (χ4v) is 3.57. The summed E-state index contributed by atoms with van der Waals surface area (Å²) >= 11 is 1.99. The van der Waals surface area contributed by atoms with E-state index in [0.29, 0.717) is 10.8 Å². The van der Waals surface area contributed by atoms with Crippen LogP contribution in [0.5, 0.6) is 0 Å². The smallest absolute Gasteiger partial charge is 0.179 e. The highest BCUT2D eigenvalue weighted by Crippen LogP contribution is 2.23. The third-order valence-electron chi connectivity index (χ3n) is 3.68. The van der Waals surface area contributed by atoms with Crippen LogP contribution in [0.2, 0.25) is 0 Å². The number of hydrogen-bond acceptors (Lipinski definition) is 3. The van der Waals surface area contributed by atoms with Gasteiger partial charge in [0.2, 0.25) is 0 Å². The minimum absolute atomic E-state index is 0.0850. The molecule has 1 aromatic carbocycles. The number of ketones is 1. The average Bonchev–Trinajstić information content (AvgIpc) is 2.46. The van der Waals surface area contributed by atoms with Crippen molar-refractivity contribution in [3.05, 3.63) is 35.6 Å². The van der Waals surface area contributed by atoms with Gasteiger partial charge in [-0.1, -0.05) is 6.92 Å². The van der Waals surface area contributed by atoms with Crippen LogP contribution >= 0.6 is 11.8 Å². The van der Waals surface area contributed by atoms with Crippen LogP contribution in [0, 0.1) is 5.82 Å². The van der Waals surface area contributed by atoms with Crippen LogP contribution in [-0.4, -0.2) is 40.8 Å². The number of Topliss-reactive ketones (excluding diaryl/α,β-unsaturated/α-hetero) is 1. The Bertz CT molecular complexity index is 434. The molecule has 0 spiro atoms. The number of thioether (sulfide) groups is 1. The summed E-state index contributed by atoms with van der Waals surface area (Å²) in [7, 11) is 0. The van der Waals surface area contributed by atoms with Crippen molar-refractivity contribution >= 4 is 17.5 Å². The highest BCUT2D eigenvalue weighted by Gasteiger charge is 2.27. The second kappa shape index (κ2) is 6.53. The van der Waals surface area contributed by atoms with Crippen molar-refractivity contribution in [1.82, 2.24) is 4.90 Å². The monoisotopic (exact) mass is 281 g/mol. The summed E-state index contributed by atoms with van der Waals surface area (Å²) in [6.07, 6.45) is 1.14. The van der Waals surface area contributed by atoms with E-state index in [0.717, 1.165) is 25.3 Å². The molecule has 1 saturated heterocycles. The lowest BCUT2D eigenvalue weighted by molar-refractivity contribution is 0.0842.